The molecule has 0 aliphatic carbocycles. The third-order valence-electron chi connectivity index (χ3n) is 4.31. The summed E-state index contributed by atoms with van der Waals surface area (Å²) < 4.78 is 10.5. The van der Waals surface area contributed by atoms with E-state index in [4.69, 9.17) is 9.47 Å². The van der Waals surface area contributed by atoms with E-state index in [1.54, 1.807) is 37.3 Å². The molecule has 1 aliphatic heterocycles. The maximum atomic E-state index is 12.9. The lowest BCUT2D eigenvalue weighted by molar-refractivity contribution is -0.139. The highest BCUT2D eigenvalue weighted by Crippen LogP contribution is 2.24. The van der Waals surface area contributed by atoms with Crippen LogP contribution in [-0.4, -0.2) is 62.0 Å². The molecule has 1 aromatic carbocycles. The van der Waals surface area contributed by atoms with Gasteiger partial charge in [0.2, 0.25) is 5.91 Å². The van der Waals surface area contributed by atoms with Gasteiger partial charge in [-0.15, -0.1) is 0 Å². The molecular formula is C19H28N2O4. The van der Waals surface area contributed by atoms with Crippen LogP contribution < -0.4 is 9.47 Å². The summed E-state index contributed by atoms with van der Waals surface area (Å²) in [6.45, 7) is 8.17. The van der Waals surface area contributed by atoms with Crippen molar-refractivity contribution in [2.75, 3.05) is 40.4 Å². The zero-order chi connectivity index (χ0) is 18.6. The largest absolute Gasteiger partial charge is 0.497 e. The maximum Gasteiger partial charge on any atom is 0.254 e. The SMILES string of the molecule is COc1cc(OC)cc(C(=O)N2CCCN(C(=O)C(C)(C)C)CC2)c1. The predicted molar refractivity (Wildman–Crippen MR) is 96.1 cm³/mol. The van der Waals surface area contributed by atoms with Crippen LogP contribution in [0.2, 0.25) is 0 Å². The second-order valence-electron chi connectivity index (χ2n) is 7.29. The summed E-state index contributed by atoms with van der Waals surface area (Å²) in [5.74, 6) is 1.23. The van der Waals surface area contributed by atoms with Gasteiger partial charge in [0.1, 0.15) is 11.5 Å². The van der Waals surface area contributed by atoms with E-state index in [-0.39, 0.29) is 11.8 Å². The minimum Gasteiger partial charge on any atom is -0.497 e. The molecule has 1 fully saturated rings. The number of ether oxygens (including phenoxy) is 2. The van der Waals surface area contributed by atoms with Crippen LogP contribution in [-0.2, 0) is 4.79 Å². The Labute approximate surface area is 149 Å². The summed E-state index contributed by atoms with van der Waals surface area (Å²) in [5.41, 5.74) is 0.131. The molecule has 0 saturated carbocycles. The summed E-state index contributed by atoms with van der Waals surface area (Å²) >= 11 is 0. The molecule has 2 amide bonds. The van der Waals surface area contributed by atoms with Crippen LogP contribution in [0, 0.1) is 5.41 Å². The van der Waals surface area contributed by atoms with E-state index in [1.165, 1.54) is 0 Å². The number of amides is 2. The number of hydrogen-bond donors (Lipinski definition) is 0. The lowest BCUT2D eigenvalue weighted by Gasteiger charge is -2.28. The molecule has 1 aliphatic rings. The zero-order valence-electron chi connectivity index (χ0n) is 15.8. The average Bonchev–Trinajstić information content (AvgIpc) is 2.85. The Hall–Kier alpha value is -2.24. The highest BCUT2D eigenvalue weighted by atomic mass is 16.5. The highest BCUT2D eigenvalue weighted by Gasteiger charge is 2.29. The minimum absolute atomic E-state index is 0.0674. The van der Waals surface area contributed by atoms with Gasteiger partial charge in [-0.25, -0.2) is 0 Å². The minimum atomic E-state index is -0.403. The molecule has 0 radical (unpaired) electrons. The van der Waals surface area contributed by atoms with Crippen molar-refractivity contribution in [3.63, 3.8) is 0 Å². The van der Waals surface area contributed by atoms with Crippen molar-refractivity contribution in [1.29, 1.82) is 0 Å². The number of benzene rings is 1. The molecule has 0 N–H and O–H groups in total. The van der Waals surface area contributed by atoms with E-state index < -0.39 is 5.41 Å². The molecule has 6 nitrogen and oxygen atoms in total. The van der Waals surface area contributed by atoms with Crippen molar-refractivity contribution < 1.29 is 19.1 Å². The zero-order valence-corrected chi connectivity index (χ0v) is 15.8. The van der Waals surface area contributed by atoms with Gasteiger partial charge in [-0.05, 0) is 18.6 Å². The predicted octanol–water partition coefficient (Wildman–Crippen LogP) is 2.42. The molecule has 25 heavy (non-hydrogen) atoms. The maximum absolute atomic E-state index is 12.9. The fraction of sp³-hybridized carbons (Fsp3) is 0.579. The lowest BCUT2D eigenvalue weighted by Crippen LogP contribution is -2.42. The van der Waals surface area contributed by atoms with Crippen LogP contribution in [0.15, 0.2) is 18.2 Å². The summed E-state index contributed by atoms with van der Waals surface area (Å²) in [6, 6.07) is 5.17. The van der Waals surface area contributed by atoms with Crippen LogP contribution in [0.25, 0.3) is 0 Å². The summed E-state index contributed by atoms with van der Waals surface area (Å²) in [6.07, 6.45) is 0.772. The van der Waals surface area contributed by atoms with Crippen molar-refractivity contribution in [1.82, 2.24) is 9.80 Å². The van der Waals surface area contributed by atoms with E-state index in [0.717, 1.165) is 6.42 Å². The molecule has 0 aromatic heterocycles. The van der Waals surface area contributed by atoms with Gasteiger partial charge in [0, 0.05) is 43.2 Å². The normalized spacial score (nSPS) is 15.6. The first kappa shape index (κ1) is 19.1. The molecule has 0 spiro atoms. The van der Waals surface area contributed by atoms with Crippen molar-refractivity contribution in [2.45, 2.75) is 27.2 Å². The lowest BCUT2D eigenvalue weighted by atomic mass is 9.94. The fourth-order valence-electron chi connectivity index (χ4n) is 2.91. The van der Waals surface area contributed by atoms with E-state index >= 15 is 0 Å². The summed E-state index contributed by atoms with van der Waals surface area (Å²) in [5, 5.41) is 0. The number of carbonyl (C=O) groups is 2. The van der Waals surface area contributed by atoms with E-state index in [9.17, 15) is 9.59 Å². The standard InChI is InChI=1S/C19H28N2O4/c1-19(2,3)18(23)21-8-6-7-20(9-10-21)17(22)14-11-15(24-4)13-16(12-14)25-5/h11-13H,6-10H2,1-5H3. The van der Waals surface area contributed by atoms with Gasteiger partial charge in [-0.1, -0.05) is 20.8 Å². The number of nitrogens with zero attached hydrogens (tertiary/aromatic N) is 2. The molecule has 0 bridgehead atoms. The molecule has 6 heteroatoms. The van der Waals surface area contributed by atoms with E-state index in [2.05, 4.69) is 0 Å². The van der Waals surface area contributed by atoms with Crippen LogP contribution in [0.3, 0.4) is 0 Å². The Morgan fingerprint density at radius 2 is 1.40 bits per heavy atom. The van der Waals surface area contributed by atoms with Crippen LogP contribution >= 0.6 is 0 Å². The van der Waals surface area contributed by atoms with Crippen molar-refractivity contribution in [2.24, 2.45) is 5.41 Å². The van der Waals surface area contributed by atoms with Gasteiger partial charge in [0.25, 0.3) is 5.91 Å². The molecule has 1 saturated heterocycles. The van der Waals surface area contributed by atoms with E-state index in [1.807, 2.05) is 25.7 Å². The second kappa shape index (κ2) is 7.76. The smallest absolute Gasteiger partial charge is 0.254 e. The fourth-order valence-corrected chi connectivity index (χ4v) is 2.91. The van der Waals surface area contributed by atoms with Crippen LogP contribution in [0.4, 0.5) is 0 Å². The monoisotopic (exact) mass is 348 g/mol. The first-order valence-corrected chi connectivity index (χ1v) is 8.58. The third kappa shape index (κ3) is 4.65. The van der Waals surface area contributed by atoms with Gasteiger partial charge in [0.15, 0.2) is 0 Å². The Bertz CT molecular complexity index is 615. The Kier molecular flexibility index (Phi) is 5.93. The molecule has 138 valence electrons. The average molecular weight is 348 g/mol. The van der Waals surface area contributed by atoms with E-state index in [0.29, 0.717) is 43.2 Å². The first-order valence-electron chi connectivity index (χ1n) is 8.58. The van der Waals surface area contributed by atoms with Gasteiger partial charge in [0.05, 0.1) is 14.2 Å². The van der Waals surface area contributed by atoms with Crippen molar-refractivity contribution in [3.05, 3.63) is 23.8 Å². The number of carbonyl (C=O) groups excluding carboxylic acids is 2. The van der Waals surface area contributed by atoms with Crippen molar-refractivity contribution in [3.8, 4) is 11.5 Å². The number of rotatable bonds is 3. The Morgan fingerprint density at radius 1 is 0.880 bits per heavy atom. The quantitative estimate of drug-likeness (QED) is 0.842. The summed E-state index contributed by atoms with van der Waals surface area (Å²) in [4.78, 5) is 29.0. The van der Waals surface area contributed by atoms with Crippen molar-refractivity contribution >= 4 is 11.8 Å². The third-order valence-corrected chi connectivity index (χ3v) is 4.31. The summed E-state index contributed by atoms with van der Waals surface area (Å²) in [7, 11) is 3.12. The molecule has 0 atom stereocenters. The molecule has 1 aromatic rings. The molecular weight excluding hydrogens is 320 g/mol. The Balaban J connectivity index is 2.12. The molecule has 1 heterocycles. The molecule has 0 unspecified atom stereocenters. The topological polar surface area (TPSA) is 59.1 Å². The van der Waals surface area contributed by atoms with Gasteiger partial charge in [-0.2, -0.15) is 0 Å². The van der Waals surface area contributed by atoms with Crippen LogP contribution in [0.5, 0.6) is 11.5 Å². The highest BCUT2D eigenvalue weighted by molar-refractivity contribution is 5.95. The second-order valence-corrected chi connectivity index (χ2v) is 7.29. The van der Waals surface area contributed by atoms with Gasteiger partial charge >= 0.3 is 0 Å². The van der Waals surface area contributed by atoms with Gasteiger partial charge in [-0.3, -0.25) is 9.59 Å². The first-order chi connectivity index (χ1) is 11.8. The number of hydrogen-bond acceptors (Lipinski definition) is 4. The Morgan fingerprint density at radius 3 is 1.92 bits per heavy atom. The number of methoxy groups -OCH3 is 2. The molecule has 2 rings (SSSR count). The van der Waals surface area contributed by atoms with Gasteiger partial charge < -0.3 is 19.3 Å². The van der Waals surface area contributed by atoms with Crippen LogP contribution in [0.1, 0.15) is 37.6 Å².